The van der Waals surface area contributed by atoms with Gasteiger partial charge in [-0.25, -0.2) is 0 Å². The zero-order valence-electron chi connectivity index (χ0n) is 14.1. The molecule has 1 saturated heterocycles. The van der Waals surface area contributed by atoms with Crippen molar-refractivity contribution in [1.29, 1.82) is 0 Å². The summed E-state index contributed by atoms with van der Waals surface area (Å²) < 4.78 is 5.04. The van der Waals surface area contributed by atoms with Crippen LogP contribution in [0, 0.1) is 6.92 Å². The molecule has 0 aromatic carbocycles. The number of hydrogen-bond donors (Lipinski definition) is 1. The van der Waals surface area contributed by atoms with Crippen molar-refractivity contribution in [2.75, 3.05) is 31.5 Å². The molecule has 0 radical (unpaired) electrons. The van der Waals surface area contributed by atoms with Gasteiger partial charge in [0.2, 0.25) is 11.8 Å². The smallest absolute Gasteiger partial charge is 0.243 e. The average Bonchev–Trinajstić information content (AvgIpc) is 3.00. The lowest BCUT2D eigenvalue weighted by molar-refractivity contribution is -0.121. The maximum Gasteiger partial charge on any atom is 0.243 e. The lowest BCUT2D eigenvalue weighted by atomic mass is 10.2. The van der Waals surface area contributed by atoms with Gasteiger partial charge in [-0.1, -0.05) is 11.2 Å². The van der Waals surface area contributed by atoms with E-state index >= 15 is 0 Å². The standard InChI is InChI=1S/C17H23N5O2/c1-13-11-16(24-20-13)19-17(23)14(2)22-9-7-21(8-10-22)12-15-5-3-4-6-18-15/h3-6,11,14H,7-10,12H2,1-2H3,(H,19,23). The molecule has 2 aromatic heterocycles. The van der Waals surface area contributed by atoms with Gasteiger partial charge in [-0.05, 0) is 26.0 Å². The van der Waals surface area contributed by atoms with Gasteiger partial charge in [0.25, 0.3) is 0 Å². The molecule has 1 aliphatic heterocycles. The summed E-state index contributed by atoms with van der Waals surface area (Å²) in [5, 5.41) is 6.55. The summed E-state index contributed by atoms with van der Waals surface area (Å²) in [4.78, 5) is 21.2. The number of nitrogens with zero attached hydrogens (tertiary/aromatic N) is 4. The molecule has 1 aliphatic rings. The number of anilines is 1. The summed E-state index contributed by atoms with van der Waals surface area (Å²) in [6.45, 7) is 8.17. The SMILES string of the molecule is Cc1cc(NC(=O)C(C)N2CCN(Cc3ccccn3)CC2)on1. The molecular formula is C17H23N5O2. The Kier molecular flexibility index (Phi) is 5.22. The number of nitrogens with one attached hydrogen (secondary N) is 1. The van der Waals surface area contributed by atoms with Gasteiger partial charge in [-0.2, -0.15) is 0 Å². The molecular weight excluding hydrogens is 306 g/mol. The van der Waals surface area contributed by atoms with Crippen LogP contribution in [0.2, 0.25) is 0 Å². The minimum atomic E-state index is -0.201. The van der Waals surface area contributed by atoms with E-state index in [-0.39, 0.29) is 11.9 Å². The Balaban J connectivity index is 1.47. The second-order valence-electron chi connectivity index (χ2n) is 6.13. The predicted molar refractivity (Wildman–Crippen MR) is 90.4 cm³/mol. The second-order valence-corrected chi connectivity index (χ2v) is 6.13. The van der Waals surface area contributed by atoms with Crippen molar-refractivity contribution in [3.05, 3.63) is 41.9 Å². The Labute approximate surface area is 141 Å². The molecule has 1 atom stereocenters. The number of rotatable bonds is 5. The van der Waals surface area contributed by atoms with E-state index in [1.165, 1.54) is 0 Å². The number of aryl methyl sites for hydroxylation is 1. The van der Waals surface area contributed by atoms with Crippen molar-refractivity contribution < 1.29 is 9.32 Å². The second kappa shape index (κ2) is 7.55. The Hall–Kier alpha value is -2.25. The third-order valence-corrected chi connectivity index (χ3v) is 4.32. The molecule has 1 N–H and O–H groups in total. The largest absolute Gasteiger partial charge is 0.338 e. The third kappa shape index (κ3) is 4.18. The Bertz CT molecular complexity index is 665. The van der Waals surface area contributed by atoms with Crippen LogP contribution in [-0.2, 0) is 11.3 Å². The van der Waals surface area contributed by atoms with Crippen LogP contribution >= 0.6 is 0 Å². The number of carbonyl (C=O) groups excluding carboxylic acids is 1. The van der Waals surface area contributed by atoms with Crippen molar-refractivity contribution >= 4 is 11.8 Å². The summed E-state index contributed by atoms with van der Waals surface area (Å²) in [5.41, 5.74) is 1.83. The fourth-order valence-electron chi connectivity index (χ4n) is 2.84. The van der Waals surface area contributed by atoms with Gasteiger partial charge < -0.3 is 4.52 Å². The summed E-state index contributed by atoms with van der Waals surface area (Å²) in [6.07, 6.45) is 1.82. The summed E-state index contributed by atoms with van der Waals surface area (Å²) in [7, 11) is 0. The zero-order chi connectivity index (χ0) is 16.9. The lowest BCUT2D eigenvalue weighted by Gasteiger charge is -2.37. The van der Waals surface area contributed by atoms with Crippen LogP contribution in [-0.4, -0.2) is 58.1 Å². The van der Waals surface area contributed by atoms with E-state index in [1.54, 1.807) is 6.07 Å². The number of carbonyl (C=O) groups is 1. The molecule has 2 aromatic rings. The van der Waals surface area contributed by atoms with E-state index in [0.717, 1.165) is 44.1 Å². The molecule has 1 amide bonds. The maximum atomic E-state index is 12.3. The highest BCUT2D eigenvalue weighted by Crippen LogP contribution is 2.13. The molecule has 128 valence electrons. The van der Waals surface area contributed by atoms with Crippen molar-refractivity contribution in [3.8, 4) is 0 Å². The van der Waals surface area contributed by atoms with E-state index in [1.807, 2.05) is 38.2 Å². The van der Waals surface area contributed by atoms with Gasteiger partial charge in [-0.15, -0.1) is 0 Å². The maximum absolute atomic E-state index is 12.3. The van der Waals surface area contributed by atoms with Gasteiger partial charge >= 0.3 is 0 Å². The third-order valence-electron chi connectivity index (χ3n) is 4.32. The monoisotopic (exact) mass is 329 g/mol. The fraction of sp³-hybridized carbons (Fsp3) is 0.471. The van der Waals surface area contributed by atoms with Gasteiger partial charge in [0.1, 0.15) is 0 Å². The quantitative estimate of drug-likeness (QED) is 0.896. The van der Waals surface area contributed by atoms with Crippen LogP contribution in [0.3, 0.4) is 0 Å². The van der Waals surface area contributed by atoms with Crippen LogP contribution in [0.5, 0.6) is 0 Å². The number of amides is 1. The molecule has 1 fully saturated rings. The molecule has 3 rings (SSSR count). The van der Waals surface area contributed by atoms with Crippen LogP contribution in [0.25, 0.3) is 0 Å². The molecule has 0 bridgehead atoms. The van der Waals surface area contributed by atoms with Gasteiger partial charge in [0.05, 0.1) is 17.4 Å². The minimum absolute atomic E-state index is 0.0654. The normalized spacial score (nSPS) is 17.6. The zero-order valence-corrected chi connectivity index (χ0v) is 14.1. The van der Waals surface area contributed by atoms with E-state index in [4.69, 9.17) is 4.52 Å². The van der Waals surface area contributed by atoms with Gasteiger partial charge in [-0.3, -0.25) is 24.9 Å². The van der Waals surface area contributed by atoms with Crippen LogP contribution in [0.1, 0.15) is 18.3 Å². The van der Waals surface area contributed by atoms with Crippen molar-refractivity contribution in [2.45, 2.75) is 26.4 Å². The molecule has 0 aliphatic carbocycles. The fourth-order valence-corrected chi connectivity index (χ4v) is 2.84. The molecule has 24 heavy (non-hydrogen) atoms. The molecule has 1 unspecified atom stereocenters. The molecule has 7 heteroatoms. The summed E-state index contributed by atoms with van der Waals surface area (Å²) >= 11 is 0. The van der Waals surface area contributed by atoms with E-state index < -0.39 is 0 Å². The topological polar surface area (TPSA) is 74.5 Å². The highest BCUT2D eigenvalue weighted by atomic mass is 16.5. The first-order valence-electron chi connectivity index (χ1n) is 8.22. The number of aromatic nitrogens is 2. The lowest BCUT2D eigenvalue weighted by Crippen LogP contribution is -2.52. The minimum Gasteiger partial charge on any atom is -0.338 e. The van der Waals surface area contributed by atoms with Crippen molar-refractivity contribution in [2.24, 2.45) is 0 Å². The van der Waals surface area contributed by atoms with Gasteiger partial charge in [0.15, 0.2) is 0 Å². The Morgan fingerprint density at radius 3 is 2.75 bits per heavy atom. The van der Waals surface area contributed by atoms with E-state index in [2.05, 4.69) is 25.3 Å². The van der Waals surface area contributed by atoms with Crippen LogP contribution < -0.4 is 5.32 Å². The average molecular weight is 329 g/mol. The highest BCUT2D eigenvalue weighted by molar-refractivity contribution is 5.93. The van der Waals surface area contributed by atoms with Crippen molar-refractivity contribution in [3.63, 3.8) is 0 Å². The molecule has 7 nitrogen and oxygen atoms in total. The predicted octanol–water partition coefficient (Wildman–Crippen LogP) is 1.52. The van der Waals surface area contributed by atoms with Crippen molar-refractivity contribution in [1.82, 2.24) is 19.9 Å². The van der Waals surface area contributed by atoms with Crippen LogP contribution in [0.4, 0.5) is 5.88 Å². The van der Waals surface area contributed by atoms with Crippen LogP contribution in [0.15, 0.2) is 35.0 Å². The molecule has 0 spiro atoms. The summed E-state index contributed by atoms with van der Waals surface area (Å²) in [6, 6.07) is 7.50. The summed E-state index contributed by atoms with van der Waals surface area (Å²) in [5.74, 6) is 0.336. The van der Waals surface area contributed by atoms with E-state index in [9.17, 15) is 4.79 Å². The number of piperazine rings is 1. The molecule has 0 saturated carbocycles. The Morgan fingerprint density at radius 1 is 1.33 bits per heavy atom. The first kappa shape index (κ1) is 16.6. The first-order chi connectivity index (χ1) is 11.6. The first-order valence-corrected chi connectivity index (χ1v) is 8.22. The van der Waals surface area contributed by atoms with E-state index in [0.29, 0.717) is 5.88 Å². The number of pyridine rings is 1. The molecule has 3 heterocycles. The Morgan fingerprint density at radius 2 is 2.12 bits per heavy atom. The highest BCUT2D eigenvalue weighted by Gasteiger charge is 2.26. The number of hydrogen-bond acceptors (Lipinski definition) is 6. The van der Waals surface area contributed by atoms with Gasteiger partial charge in [0, 0.05) is 45.0 Å².